The van der Waals surface area contributed by atoms with Gasteiger partial charge < -0.3 is 13.9 Å². The van der Waals surface area contributed by atoms with E-state index in [1.165, 1.54) is 7.11 Å². The number of rotatable bonds is 8. The first-order chi connectivity index (χ1) is 12.3. The largest absolute Gasteiger partial charge is 0.497 e. The normalized spacial score (nSPS) is 20.1. The molecule has 0 fully saturated rings. The highest BCUT2D eigenvalue weighted by atomic mass is 28.4. The molecule has 7 heteroatoms. The molecule has 0 saturated carbocycles. The number of hydrogen-bond donors (Lipinski definition) is 0. The van der Waals surface area contributed by atoms with Crippen LogP contribution in [0.2, 0.25) is 19.6 Å². The van der Waals surface area contributed by atoms with Crippen LogP contribution in [0.5, 0.6) is 5.75 Å². The van der Waals surface area contributed by atoms with Crippen molar-refractivity contribution in [1.29, 1.82) is 0 Å². The van der Waals surface area contributed by atoms with Crippen molar-refractivity contribution < 1.29 is 18.7 Å². The Morgan fingerprint density at radius 1 is 1.19 bits per heavy atom. The van der Waals surface area contributed by atoms with E-state index in [9.17, 15) is 4.79 Å². The number of methoxy groups -OCH3 is 2. The highest BCUT2D eigenvalue weighted by molar-refractivity contribution is 6.69. The molecular formula is C19H30N2O4Si. The van der Waals surface area contributed by atoms with Crippen LogP contribution in [0.1, 0.15) is 19.8 Å². The van der Waals surface area contributed by atoms with Crippen molar-refractivity contribution in [2.75, 3.05) is 25.8 Å². The third-order valence-corrected chi connectivity index (χ3v) is 5.53. The van der Waals surface area contributed by atoms with Gasteiger partial charge in [0.25, 0.3) is 0 Å². The van der Waals surface area contributed by atoms with E-state index in [1.807, 2.05) is 29.3 Å². The predicted octanol–water partition coefficient (Wildman–Crippen LogP) is 3.68. The van der Waals surface area contributed by atoms with Crippen LogP contribution < -0.4 is 9.75 Å². The molecule has 0 amide bonds. The van der Waals surface area contributed by atoms with Gasteiger partial charge in [0.15, 0.2) is 14.0 Å². The molecule has 1 aliphatic heterocycles. The second-order valence-corrected chi connectivity index (χ2v) is 11.9. The van der Waals surface area contributed by atoms with Gasteiger partial charge in [-0.05, 0) is 56.7 Å². The van der Waals surface area contributed by atoms with E-state index in [0.29, 0.717) is 12.3 Å². The van der Waals surface area contributed by atoms with Crippen molar-refractivity contribution in [3.63, 3.8) is 0 Å². The molecule has 0 bridgehead atoms. The van der Waals surface area contributed by atoms with Crippen LogP contribution in [0.15, 0.2) is 29.4 Å². The highest BCUT2D eigenvalue weighted by Crippen LogP contribution is 2.33. The summed E-state index contributed by atoms with van der Waals surface area (Å²) in [7, 11) is 1.45. The zero-order valence-corrected chi connectivity index (χ0v) is 17.6. The molecule has 2 rings (SSSR count). The van der Waals surface area contributed by atoms with Gasteiger partial charge in [0.05, 0.1) is 25.9 Å². The van der Waals surface area contributed by atoms with Crippen LogP contribution >= 0.6 is 0 Å². The first-order valence-corrected chi connectivity index (χ1v) is 12.5. The average molecular weight is 379 g/mol. The molecule has 1 heterocycles. The summed E-state index contributed by atoms with van der Waals surface area (Å²) < 4.78 is 16.2. The van der Waals surface area contributed by atoms with E-state index < -0.39 is 8.32 Å². The summed E-state index contributed by atoms with van der Waals surface area (Å²) in [5, 5.41) is 6.56. The number of carbonyl (C=O) groups is 1. The van der Waals surface area contributed by atoms with Gasteiger partial charge in [0.1, 0.15) is 5.75 Å². The second-order valence-electron chi connectivity index (χ2n) is 7.35. The quantitative estimate of drug-likeness (QED) is 0.510. The third-order valence-electron chi connectivity index (χ3n) is 4.46. The summed E-state index contributed by atoms with van der Waals surface area (Å²) in [6.07, 6.45) is 1.62. The van der Waals surface area contributed by atoms with Gasteiger partial charge in [-0.3, -0.25) is 5.01 Å². The monoisotopic (exact) mass is 378 g/mol. The zero-order chi connectivity index (χ0) is 19.3. The number of hydrazone groups is 1. The summed E-state index contributed by atoms with van der Waals surface area (Å²) in [6.45, 7) is 9.24. The summed E-state index contributed by atoms with van der Waals surface area (Å²) in [4.78, 5) is 12.3. The molecule has 0 saturated heterocycles. The number of ether oxygens (including phenoxy) is 2. The van der Waals surface area contributed by atoms with E-state index >= 15 is 0 Å². The smallest absolute Gasteiger partial charge is 0.354 e. The third kappa shape index (κ3) is 4.85. The fourth-order valence-electron chi connectivity index (χ4n) is 3.18. The number of esters is 1. The maximum atomic E-state index is 12.3. The minimum atomic E-state index is -1.59. The molecule has 1 aromatic carbocycles. The van der Waals surface area contributed by atoms with Gasteiger partial charge in [-0.1, -0.05) is 6.92 Å². The molecule has 144 valence electrons. The van der Waals surface area contributed by atoms with Gasteiger partial charge in [0, 0.05) is 12.5 Å². The summed E-state index contributed by atoms with van der Waals surface area (Å²) >= 11 is 0. The van der Waals surface area contributed by atoms with E-state index in [4.69, 9.17) is 13.9 Å². The van der Waals surface area contributed by atoms with Crippen LogP contribution in [0.25, 0.3) is 0 Å². The zero-order valence-electron chi connectivity index (χ0n) is 16.6. The number of hydrogen-bond acceptors (Lipinski definition) is 6. The molecule has 6 nitrogen and oxygen atoms in total. The van der Waals surface area contributed by atoms with Gasteiger partial charge in [-0.2, -0.15) is 5.10 Å². The lowest BCUT2D eigenvalue weighted by Crippen LogP contribution is -2.36. The Balaban J connectivity index is 2.25. The Labute approximate surface area is 157 Å². The molecule has 0 aromatic heterocycles. The second kappa shape index (κ2) is 8.68. The van der Waals surface area contributed by atoms with Crippen molar-refractivity contribution >= 4 is 25.7 Å². The lowest BCUT2D eigenvalue weighted by molar-refractivity contribution is -0.133. The van der Waals surface area contributed by atoms with Gasteiger partial charge >= 0.3 is 5.97 Å². The summed E-state index contributed by atoms with van der Waals surface area (Å²) in [5.41, 5.74) is 1.42. The van der Waals surface area contributed by atoms with Gasteiger partial charge in [-0.15, -0.1) is 0 Å². The fourth-order valence-corrected chi connectivity index (χ4v) is 3.91. The minimum absolute atomic E-state index is 0.00842. The van der Waals surface area contributed by atoms with Crippen molar-refractivity contribution in [3.05, 3.63) is 24.3 Å². The molecule has 0 radical (unpaired) electrons. The highest BCUT2D eigenvalue weighted by Gasteiger charge is 2.40. The molecule has 2 atom stereocenters. The molecule has 26 heavy (non-hydrogen) atoms. The Bertz CT molecular complexity index is 640. The van der Waals surface area contributed by atoms with Crippen LogP contribution in [-0.2, 0) is 14.0 Å². The summed E-state index contributed by atoms with van der Waals surface area (Å²) in [5.74, 6) is 0.418. The lowest BCUT2D eigenvalue weighted by atomic mass is 9.90. The predicted molar refractivity (Wildman–Crippen MR) is 106 cm³/mol. The number of benzene rings is 1. The molecule has 0 aliphatic carbocycles. The first kappa shape index (κ1) is 20.4. The summed E-state index contributed by atoms with van der Waals surface area (Å²) in [6, 6.07) is 7.82. The maximum absolute atomic E-state index is 12.3. The Kier molecular flexibility index (Phi) is 6.83. The Hall–Kier alpha value is -1.86. The lowest BCUT2D eigenvalue weighted by Gasteiger charge is -2.28. The standard InChI is InChI=1S/C19H30N2O4Si/c1-7-17-16(12-13-25-26(4,5)6)18(19(22)24-3)20-21(17)14-8-10-15(23-2)11-9-14/h8-11,16-17H,7,12-13H2,1-6H3/t16-,17+/m0/s1. The van der Waals surface area contributed by atoms with E-state index in [-0.39, 0.29) is 17.9 Å². The molecule has 0 spiro atoms. The minimum Gasteiger partial charge on any atom is -0.497 e. The van der Waals surface area contributed by atoms with Crippen molar-refractivity contribution in [2.24, 2.45) is 11.0 Å². The van der Waals surface area contributed by atoms with Crippen LogP contribution in [-0.4, -0.2) is 46.9 Å². The van der Waals surface area contributed by atoms with Crippen molar-refractivity contribution in [1.82, 2.24) is 0 Å². The van der Waals surface area contributed by atoms with Gasteiger partial charge in [0.2, 0.25) is 0 Å². The molecule has 1 aliphatic rings. The fraction of sp³-hybridized carbons (Fsp3) is 0.579. The van der Waals surface area contributed by atoms with Crippen molar-refractivity contribution in [2.45, 2.75) is 45.4 Å². The van der Waals surface area contributed by atoms with Crippen LogP contribution in [0.3, 0.4) is 0 Å². The number of nitrogens with zero attached hydrogens (tertiary/aromatic N) is 2. The average Bonchev–Trinajstić information content (AvgIpc) is 2.98. The maximum Gasteiger partial charge on any atom is 0.354 e. The van der Waals surface area contributed by atoms with E-state index in [2.05, 4.69) is 31.7 Å². The molecule has 1 aromatic rings. The van der Waals surface area contributed by atoms with Gasteiger partial charge in [-0.25, -0.2) is 4.79 Å². The SMILES string of the molecule is CC[C@@H]1[C@H](CCO[Si](C)(C)C)C(C(=O)OC)=NN1c1ccc(OC)cc1. The molecule has 0 N–H and O–H groups in total. The van der Waals surface area contributed by atoms with Crippen LogP contribution in [0.4, 0.5) is 5.69 Å². The first-order valence-electron chi connectivity index (χ1n) is 9.04. The van der Waals surface area contributed by atoms with E-state index in [0.717, 1.165) is 24.3 Å². The Morgan fingerprint density at radius 2 is 1.85 bits per heavy atom. The molecular weight excluding hydrogens is 348 g/mol. The van der Waals surface area contributed by atoms with Crippen LogP contribution in [0, 0.1) is 5.92 Å². The topological polar surface area (TPSA) is 60.4 Å². The van der Waals surface area contributed by atoms with E-state index in [1.54, 1.807) is 7.11 Å². The molecule has 0 unspecified atom stereocenters. The number of anilines is 1. The Morgan fingerprint density at radius 3 is 2.35 bits per heavy atom. The van der Waals surface area contributed by atoms with Crippen molar-refractivity contribution in [3.8, 4) is 5.75 Å². The number of carbonyl (C=O) groups excluding carboxylic acids is 1.